The fourth-order valence-electron chi connectivity index (χ4n) is 2.98. The van der Waals surface area contributed by atoms with E-state index in [1.165, 1.54) is 24.3 Å². The van der Waals surface area contributed by atoms with Gasteiger partial charge in [-0.05, 0) is 48.7 Å². The predicted octanol–water partition coefficient (Wildman–Crippen LogP) is 4.55. The molecular formula is C17H15ClF2O3S. The van der Waals surface area contributed by atoms with Crippen molar-refractivity contribution in [2.75, 3.05) is 6.61 Å². The topological polar surface area (TPSA) is 43.4 Å². The van der Waals surface area contributed by atoms with Crippen LogP contribution in [-0.4, -0.2) is 15.0 Å². The van der Waals surface area contributed by atoms with Crippen LogP contribution in [0.4, 0.5) is 8.78 Å². The Bertz CT molecular complexity index is 866. The monoisotopic (exact) mass is 372 g/mol. The zero-order valence-corrected chi connectivity index (χ0v) is 14.4. The predicted molar refractivity (Wildman–Crippen MR) is 87.0 cm³/mol. The van der Waals surface area contributed by atoms with Crippen molar-refractivity contribution in [3.63, 3.8) is 0 Å². The van der Waals surface area contributed by atoms with Gasteiger partial charge in [0.05, 0.1) is 17.1 Å². The van der Waals surface area contributed by atoms with E-state index >= 15 is 0 Å². The van der Waals surface area contributed by atoms with Crippen molar-refractivity contribution in [1.29, 1.82) is 0 Å². The number of ether oxygens (including phenoxy) is 1. The second-order valence-corrected chi connectivity index (χ2v) is 8.31. The van der Waals surface area contributed by atoms with Gasteiger partial charge in [-0.1, -0.05) is 18.5 Å². The standard InChI is InChI=1S/C17H15ClF2O3S/c1-10-8-9-23-16-14(20)7-6-13(19)15(16)17(10)24(21,22)12-4-2-11(18)3-5-12/h2-7,10,17H,8-9H2,1H3/t10-,17+/m1/s1. The summed E-state index contributed by atoms with van der Waals surface area (Å²) in [6.45, 7) is 1.82. The summed E-state index contributed by atoms with van der Waals surface area (Å²) in [4.78, 5) is 0.0141. The fourth-order valence-corrected chi connectivity index (χ4v) is 5.19. The molecule has 3 rings (SSSR count). The van der Waals surface area contributed by atoms with Crippen molar-refractivity contribution in [2.24, 2.45) is 5.92 Å². The minimum Gasteiger partial charge on any atom is -0.490 e. The Morgan fingerprint density at radius 3 is 2.38 bits per heavy atom. The molecule has 0 fully saturated rings. The molecule has 2 atom stereocenters. The highest BCUT2D eigenvalue weighted by Crippen LogP contribution is 2.45. The van der Waals surface area contributed by atoms with Gasteiger partial charge in [0.2, 0.25) is 0 Å². The molecule has 24 heavy (non-hydrogen) atoms. The van der Waals surface area contributed by atoms with Crippen LogP contribution in [0.1, 0.15) is 24.2 Å². The van der Waals surface area contributed by atoms with E-state index in [0.29, 0.717) is 11.4 Å². The molecule has 0 spiro atoms. The molecule has 3 nitrogen and oxygen atoms in total. The quantitative estimate of drug-likeness (QED) is 0.776. The lowest BCUT2D eigenvalue weighted by molar-refractivity contribution is 0.286. The third-order valence-corrected chi connectivity index (χ3v) is 6.74. The summed E-state index contributed by atoms with van der Waals surface area (Å²) in [6, 6.07) is 7.51. The summed E-state index contributed by atoms with van der Waals surface area (Å²) in [5.74, 6) is -2.32. The maximum Gasteiger partial charge on any atom is 0.185 e. The maximum atomic E-state index is 14.4. The average Bonchev–Trinajstić information content (AvgIpc) is 2.71. The molecule has 1 aliphatic heterocycles. The van der Waals surface area contributed by atoms with Crippen LogP contribution in [0.5, 0.6) is 5.75 Å². The van der Waals surface area contributed by atoms with Gasteiger partial charge in [-0.25, -0.2) is 17.2 Å². The molecule has 0 amide bonds. The van der Waals surface area contributed by atoms with Crippen molar-refractivity contribution < 1.29 is 21.9 Å². The second kappa shape index (κ2) is 6.33. The minimum atomic E-state index is -3.95. The molecule has 0 N–H and O–H groups in total. The molecule has 1 aliphatic rings. The van der Waals surface area contributed by atoms with Gasteiger partial charge < -0.3 is 4.74 Å². The Hall–Kier alpha value is -1.66. The second-order valence-electron chi connectivity index (χ2n) is 5.81. The van der Waals surface area contributed by atoms with Crippen LogP contribution in [-0.2, 0) is 9.84 Å². The molecule has 0 saturated carbocycles. The van der Waals surface area contributed by atoms with E-state index < -0.39 is 32.6 Å². The Labute approximate surface area is 144 Å². The first-order chi connectivity index (χ1) is 11.3. The van der Waals surface area contributed by atoms with Crippen molar-refractivity contribution in [2.45, 2.75) is 23.5 Å². The van der Waals surface area contributed by atoms with Gasteiger partial charge in [-0.15, -0.1) is 0 Å². The van der Waals surface area contributed by atoms with Crippen molar-refractivity contribution in [3.8, 4) is 5.75 Å². The lowest BCUT2D eigenvalue weighted by Crippen LogP contribution is -2.21. The molecule has 128 valence electrons. The molecule has 1 heterocycles. The highest BCUT2D eigenvalue weighted by molar-refractivity contribution is 7.91. The molecule has 0 saturated heterocycles. The largest absolute Gasteiger partial charge is 0.490 e. The van der Waals surface area contributed by atoms with E-state index in [9.17, 15) is 17.2 Å². The smallest absolute Gasteiger partial charge is 0.185 e. The van der Waals surface area contributed by atoms with Gasteiger partial charge in [0.25, 0.3) is 0 Å². The first kappa shape index (κ1) is 17.2. The maximum absolute atomic E-state index is 14.4. The Balaban J connectivity index is 2.23. The Kier molecular flexibility index (Phi) is 4.53. The molecule has 0 unspecified atom stereocenters. The molecule has 0 bridgehead atoms. The zero-order valence-electron chi connectivity index (χ0n) is 12.8. The molecule has 0 radical (unpaired) electrons. The number of sulfone groups is 1. The van der Waals surface area contributed by atoms with E-state index in [2.05, 4.69) is 0 Å². The molecule has 0 aromatic heterocycles. The average molecular weight is 373 g/mol. The lowest BCUT2D eigenvalue weighted by atomic mass is 9.97. The van der Waals surface area contributed by atoms with Crippen LogP contribution in [0.15, 0.2) is 41.3 Å². The summed E-state index contributed by atoms with van der Waals surface area (Å²) in [7, 11) is -3.95. The van der Waals surface area contributed by atoms with E-state index in [0.717, 1.165) is 12.1 Å². The zero-order chi connectivity index (χ0) is 17.5. The lowest BCUT2D eigenvalue weighted by Gasteiger charge is -2.23. The molecule has 2 aromatic rings. The van der Waals surface area contributed by atoms with Gasteiger partial charge in [0.15, 0.2) is 21.4 Å². The highest BCUT2D eigenvalue weighted by atomic mass is 35.5. The van der Waals surface area contributed by atoms with Gasteiger partial charge >= 0.3 is 0 Å². The Morgan fingerprint density at radius 2 is 1.71 bits per heavy atom. The first-order valence-corrected chi connectivity index (χ1v) is 9.35. The van der Waals surface area contributed by atoms with E-state index in [1.807, 2.05) is 0 Å². The Morgan fingerprint density at radius 1 is 1.08 bits per heavy atom. The van der Waals surface area contributed by atoms with Crippen molar-refractivity contribution in [1.82, 2.24) is 0 Å². The molecule has 2 aromatic carbocycles. The van der Waals surface area contributed by atoms with Crippen molar-refractivity contribution >= 4 is 21.4 Å². The number of fused-ring (bicyclic) bond motifs is 1. The van der Waals surface area contributed by atoms with Gasteiger partial charge in [0.1, 0.15) is 11.1 Å². The normalized spacial score (nSPS) is 20.8. The first-order valence-electron chi connectivity index (χ1n) is 7.42. The fraction of sp³-hybridized carbons (Fsp3) is 0.294. The van der Waals surface area contributed by atoms with Crippen LogP contribution in [0.25, 0.3) is 0 Å². The summed E-state index contributed by atoms with van der Waals surface area (Å²) in [5, 5.41) is -0.837. The summed E-state index contributed by atoms with van der Waals surface area (Å²) < 4.78 is 60.0. The van der Waals surface area contributed by atoms with Crippen LogP contribution in [0, 0.1) is 17.6 Å². The third-order valence-electron chi connectivity index (χ3n) is 4.19. The number of rotatable bonds is 2. The number of hydrogen-bond acceptors (Lipinski definition) is 3. The molecule has 7 heteroatoms. The number of benzene rings is 2. The molecular weight excluding hydrogens is 358 g/mol. The SMILES string of the molecule is C[C@@H]1CCOc2c(F)ccc(F)c2[C@H]1S(=O)(=O)c1ccc(Cl)cc1. The van der Waals surface area contributed by atoms with Crippen molar-refractivity contribution in [3.05, 3.63) is 58.6 Å². The van der Waals surface area contributed by atoms with Gasteiger partial charge in [-0.3, -0.25) is 0 Å². The summed E-state index contributed by atoms with van der Waals surface area (Å²) >= 11 is 5.80. The third kappa shape index (κ3) is 2.89. The van der Waals surface area contributed by atoms with Gasteiger partial charge in [0, 0.05) is 5.02 Å². The van der Waals surface area contributed by atoms with Crippen LogP contribution in [0.2, 0.25) is 5.02 Å². The van der Waals surface area contributed by atoms with Gasteiger partial charge in [-0.2, -0.15) is 0 Å². The summed E-state index contributed by atoms with van der Waals surface area (Å²) in [5.41, 5.74) is -0.241. The van der Waals surface area contributed by atoms with E-state index in [1.54, 1.807) is 6.92 Å². The van der Waals surface area contributed by atoms with Crippen LogP contribution in [0.3, 0.4) is 0 Å². The van der Waals surface area contributed by atoms with E-state index in [4.69, 9.17) is 16.3 Å². The highest BCUT2D eigenvalue weighted by Gasteiger charge is 2.40. The number of halogens is 3. The summed E-state index contributed by atoms with van der Waals surface area (Å²) in [6.07, 6.45) is 0.366. The minimum absolute atomic E-state index is 0.0141. The van der Waals surface area contributed by atoms with Crippen LogP contribution < -0.4 is 4.74 Å². The molecule has 0 aliphatic carbocycles. The van der Waals surface area contributed by atoms with E-state index in [-0.39, 0.29) is 22.8 Å². The van der Waals surface area contributed by atoms with Crippen LogP contribution >= 0.6 is 11.6 Å². The number of hydrogen-bond donors (Lipinski definition) is 0.